The van der Waals surface area contributed by atoms with E-state index in [9.17, 15) is 21.6 Å². The summed E-state index contributed by atoms with van der Waals surface area (Å²) in [6, 6.07) is 7.31. The van der Waals surface area contributed by atoms with Gasteiger partial charge >= 0.3 is 0 Å². The van der Waals surface area contributed by atoms with E-state index in [1.807, 2.05) is 4.72 Å². The quantitative estimate of drug-likeness (QED) is 0.673. The molecule has 0 spiro atoms. The van der Waals surface area contributed by atoms with Crippen molar-refractivity contribution in [3.05, 3.63) is 59.4 Å². The predicted octanol–water partition coefficient (Wildman–Crippen LogP) is 2.63. The molecular formula is C13H11F3N2O2S. The maximum atomic E-state index is 13.0. The van der Waals surface area contributed by atoms with Gasteiger partial charge in [-0.25, -0.2) is 21.6 Å². The van der Waals surface area contributed by atoms with E-state index in [4.69, 9.17) is 5.73 Å². The highest BCUT2D eigenvalue weighted by Gasteiger charge is 2.16. The van der Waals surface area contributed by atoms with Crippen LogP contribution in [-0.4, -0.2) is 8.42 Å². The van der Waals surface area contributed by atoms with Gasteiger partial charge in [-0.05, 0) is 17.7 Å². The van der Waals surface area contributed by atoms with Gasteiger partial charge in [0.1, 0.15) is 0 Å². The van der Waals surface area contributed by atoms with Gasteiger partial charge in [0, 0.05) is 17.8 Å². The molecule has 0 fully saturated rings. The molecule has 0 unspecified atom stereocenters. The van der Waals surface area contributed by atoms with Crippen LogP contribution in [0.1, 0.15) is 5.56 Å². The van der Waals surface area contributed by atoms with Gasteiger partial charge in [0.2, 0.25) is 10.0 Å². The third kappa shape index (κ3) is 3.88. The molecule has 4 nitrogen and oxygen atoms in total. The minimum absolute atomic E-state index is 0.390. The van der Waals surface area contributed by atoms with Gasteiger partial charge in [-0.3, -0.25) is 4.72 Å². The number of nitrogens with two attached hydrogens (primary N) is 1. The molecule has 0 bridgehead atoms. The lowest BCUT2D eigenvalue weighted by atomic mass is 10.2. The number of rotatable bonds is 4. The van der Waals surface area contributed by atoms with Crippen molar-refractivity contribution in [2.45, 2.75) is 5.75 Å². The van der Waals surface area contributed by atoms with E-state index >= 15 is 0 Å². The monoisotopic (exact) mass is 316 g/mol. The molecule has 0 radical (unpaired) electrons. The number of halogens is 3. The van der Waals surface area contributed by atoms with Crippen LogP contribution in [-0.2, 0) is 15.8 Å². The molecule has 2 aromatic rings. The first-order valence-electron chi connectivity index (χ1n) is 5.76. The van der Waals surface area contributed by atoms with Gasteiger partial charge in [0.25, 0.3) is 0 Å². The molecule has 3 N–H and O–H groups in total. The number of sulfonamides is 1. The van der Waals surface area contributed by atoms with Gasteiger partial charge in [-0.1, -0.05) is 12.1 Å². The van der Waals surface area contributed by atoms with Crippen molar-refractivity contribution >= 4 is 21.4 Å². The molecule has 0 atom stereocenters. The lowest BCUT2D eigenvalue weighted by molar-refractivity contribution is 0.448. The maximum Gasteiger partial charge on any atom is 0.236 e. The van der Waals surface area contributed by atoms with E-state index in [-0.39, 0.29) is 0 Å². The lowest BCUT2D eigenvalue weighted by Gasteiger charge is -2.09. The summed E-state index contributed by atoms with van der Waals surface area (Å²) in [4.78, 5) is 0. The Bertz CT molecular complexity index is 756. The Kier molecular flexibility index (Phi) is 4.08. The van der Waals surface area contributed by atoms with Crippen molar-refractivity contribution in [1.82, 2.24) is 0 Å². The summed E-state index contributed by atoms with van der Waals surface area (Å²) in [7, 11) is -3.91. The zero-order valence-corrected chi connectivity index (χ0v) is 11.4. The third-order valence-corrected chi connectivity index (χ3v) is 3.82. The molecular weight excluding hydrogens is 305 g/mol. The number of benzene rings is 2. The molecule has 0 saturated heterocycles. The standard InChI is InChI=1S/C13H11F3N2O2S/c14-11-5-10(6-12(15)13(11)16)18-21(19,20)7-8-2-1-3-9(17)4-8/h1-6,18H,7,17H2. The van der Waals surface area contributed by atoms with E-state index in [1.54, 1.807) is 18.2 Å². The van der Waals surface area contributed by atoms with Gasteiger partial charge in [0.05, 0.1) is 11.4 Å². The van der Waals surface area contributed by atoms with Crippen LogP contribution >= 0.6 is 0 Å². The number of hydrogen-bond donors (Lipinski definition) is 2. The van der Waals surface area contributed by atoms with Crippen molar-refractivity contribution in [2.75, 3.05) is 10.5 Å². The summed E-state index contributed by atoms with van der Waals surface area (Å²) in [6.45, 7) is 0. The van der Waals surface area contributed by atoms with E-state index < -0.39 is 38.9 Å². The first-order valence-corrected chi connectivity index (χ1v) is 7.41. The average Bonchev–Trinajstić information content (AvgIpc) is 2.34. The second-order valence-corrected chi connectivity index (χ2v) is 6.08. The van der Waals surface area contributed by atoms with Crippen molar-refractivity contribution in [3.8, 4) is 0 Å². The Balaban J connectivity index is 2.22. The Labute approximate surface area is 119 Å². The fourth-order valence-electron chi connectivity index (χ4n) is 1.73. The highest BCUT2D eigenvalue weighted by atomic mass is 32.2. The average molecular weight is 316 g/mol. The molecule has 21 heavy (non-hydrogen) atoms. The lowest BCUT2D eigenvalue weighted by Crippen LogP contribution is -2.15. The van der Waals surface area contributed by atoms with Crippen molar-refractivity contribution in [1.29, 1.82) is 0 Å². The SMILES string of the molecule is Nc1cccc(CS(=O)(=O)Nc2cc(F)c(F)c(F)c2)c1. The van der Waals surface area contributed by atoms with Crippen molar-refractivity contribution in [3.63, 3.8) is 0 Å². The molecule has 0 aliphatic rings. The molecule has 8 heteroatoms. The Morgan fingerprint density at radius 3 is 2.24 bits per heavy atom. The van der Waals surface area contributed by atoms with Crippen LogP contribution < -0.4 is 10.5 Å². The molecule has 112 valence electrons. The van der Waals surface area contributed by atoms with Gasteiger partial charge < -0.3 is 5.73 Å². The van der Waals surface area contributed by atoms with Crippen molar-refractivity contribution < 1.29 is 21.6 Å². The van der Waals surface area contributed by atoms with E-state index in [0.717, 1.165) is 0 Å². The number of nitrogens with one attached hydrogen (secondary N) is 1. The first-order chi connectivity index (χ1) is 9.77. The van der Waals surface area contributed by atoms with Crippen LogP contribution in [0.3, 0.4) is 0 Å². The van der Waals surface area contributed by atoms with Crippen LogP contribution in [0.5, 0.6) is 0 Å². The summed E-state index contributed by atoms with van der Waals surface area (Å²) in [5, 5.41) is 0. The summed E-state index contributed by atoms with van der Waals surface area (Å²) in [5.74, 6) is -5.04. The zero-order chi connectivity index (χ0) is 15.6. The van der Waals surface area contributed by atoms with Gasteiger partial charge in [-0.15, -0.1) is 0 Å². The molecule has 0 amide bonds. The molecule has 2 rings (SSSR count). The Morgan fingerprint density at radius 2 is 1.67 bits per heavy atom. The third-order valence-electron chi connectivity index (χ3n) is 2.56. The normalized spacial score (nSPS) is 11.4. The highest BCUT2D eigenvalue weighted by molar-refractivity contribution is 7.91. The van der Waals surface area contributed by atoms with Crippen molar-refractivity contribution in [2.24, 2.45) is 0 Å². The fraction of sp³-hybridized carbons (Fsp3) is 0.0769. The molecule has 0 saturated carbocycles. The number of hydrogen-bond acceptors (Lipinski definition) is 3. The van der Waals surface area contributed by atoms with Gasteiger partial charge in [-0.2, -0.15) is 0 Å². The Morgan fingerprint density at radius 1 is 1.05 bits per heavy atom. The minimum Gasteiger partial charge on any atom is -0.399 e. The smallest absolute Gasteiger partial charge is 0.236 e. The summed E-state index contributed by atoms with van der Waals surface area (Å²) in [6.07, 6.45) is 0. The largest absolute Gasteiger partial charge is 0.399 e. The second-order valence-electron chi connectivity index (χ2n) is 4.36. The predicted molar refractivity (Wildman–Crippen MR) is 73.4 cm³/mol. The van der Waals surface area contributed by atoms with E-state index in [0.29, 0.717) is 23.4 Å². The topological polar surface area (TPSA) is 72.2 Å². The van der Waals surface area contributed by atoms with Crippen LogP contribution in [0.25, 0.3) is 0 Å². The van der Waals surface area contributed by atoms with Crippen LogP contribution in [0, 0.1) is 17.5 Å². The molecule has 0 aliphatic carbocycles. The molecule has 0 heterocycles. The number of nitrogen functional groups attached to an aromatic ring is 1. The summed E-state index contributed by atoms with van der Waals surface area (Å²) < 4.78 is 64.6. The fourth-order valence-corrected chi connectivity index (χ4v) is 2.90. The summed E-state index contributed by atoms with van der Waals surface area (Å²) in [5.41, 5.74) is 5.94. The van der Waals surface area contributed by atoms with Crippen LogP contribution in [0.2, 0.25) is 0 Å². The Hall–Kier alpha value is -2.22. The minimum atomic E-state index is -3.91. The maximum absolute atomic E-state index is 13.0. The highest BCUT2D eigenvalue weighted by Crippen LogP contribution is 2.19. The molecule has 2 aromatic carbocycles. The van der Waals surface area contributed by atoms with E-state index in [2.05, 4.69) is 0 Å². The summed E-state index contributed by atoms with van der Waals surface area (Å²) >= 11 is 0. The number of anilines is 2. The van der Waals surface area contributed by atoms with Crippen LogP contribution in [0.15, 0.2) is 36.4 Å². The van der Waals surface area contributed by atoms with Gasteiger partial charge in [0.15, 0.2) is 17.5 Å². The molecule has 0 aliphatic heterocycles. The zero-order valence-electron chi connectivity index (χ0n) is 10.6. The second kappa shape index (κ2) is 5.65. The molecule has 0 aromatic heterocycles. The van der Waals surface area contributed by atoms with E-state index in [1.165, 1.54) is 6.07 Å². The first kappa shape index (κ1) is 15.2. The van der Waals surface area contributed by atoms with Crippen LogP contribution in [0.4, 0.5) is 24.5 Å².